The van der Waals surface area contributed by atoms with Gasteiger partial charge in [-0.25, -0.2) is 0 Å². The average molecular weight is 250 g/mol. The Labute approximate surface area is 106 Å². The zero-order valence-corrected chi connectivity index (χ0v) is 11.0. The van der Waals surface area contributed by atoms with Crippen LogP contribution in [0.2, 0.25) is 0 Å². The predicted molar refractivity (Wildman–Crippen MR) is 70.9 cm³/mol. The van der Waals surface area contributed by atoms with E-state index in [0.29, 0.717) is 0 Å². The Morgan fingerprint density at radius 2 is 2.29 bits per heavy atom. The van der Waals surface area contributed by atoms with E-state index in [-0.39, 0.29) is 6.04 Å². The van der Waals surface area contributed by atoms with E-state index in [1.165, 1.54) is 10.4 Å². The van der Waals surface area contributed by atoms with Crippen LogP contribution >= 0.6 is 11.3 Å². The van der Waals surface area contributed by atoms with Gasteiger partial charge in [0.25, 0.3) is 0 Å². The first-order chi connectivity index (χ1) is 8.20. The molecular formula is C13H18N2OS. The highest BCUT2D eigenvalue weighted by Crippen LogP contribution is 2.25. The third-order valence-corrected chi connectivity index (χ3v) is 3.85. The standard InChI is InChI=1S/C13H18N2OS/c1-9-8-12(10(2)16-9)13(15-14)6-5-11-4-3-7-17-11/h3-4,7-8,13,15H,5-6,14H2,1-2H3. The van der Waals surface area contributed by atoms with Crippen molar-refractivity contribution in [2.24, 2.45) is 5.84 Å². The van der Waals surface area contributed by atoms with Crippen molar-refractivity contribution in [3.63, 3.8) is 0 Å². The summed E-state index contributed by atoms with van der Waals surface area (Å²) in [6.07, 6.45) is 2.02. The normalized spacial score (nSPS) is 12.9. The molecule has 0 aliphatic heterocycles. The summed E-state index contributed by atoms with van der Waals surface area (Å²) in [6.45, 7) is 3.95. The molecule has 0 amide bonds. The lowest BCUT2D eigenvalue weighted by atomic mass is 10.0. The second-order valence-corrected chi connectivity index (χ2v) is 5.24. The molecule has 0 saturated heterocycles. The van der Waals surface area contributed by atoms with Crippen LogP contribution in [-0.2, 0) is 6.42 Å². The van der Waals surface area contributed by atoms with Gasteiger partial charge in [0, 0.05) is 16.5 Å². The molecule has 0 bridgehead atoms. The highest BCUT2D eigenvalue weighted by atomic mass is 32.1. The summed E-state index contributed by atoms with van der Waals surface area (Å²) < 4.78 is 5.54. The van der Waals surface area contributed by atoms with Gasteiger partial charge in [-0.15, -0.1) is 11.3 Å². The van der Waals surface area contributed by atoms with Gasteiger partial charge in [-0.2, -0.15) is 0 Å². The molecule has 92 valence electrons. The third kappa shape index (κ3) is 2.97. The lowest BCUT2D eigenvalue weighted by Crippen LogP contribution is -2.28. The molecule has 0 saturated carbocycles. The largest absolute Gasteiger partial charge is 0.466 e. The van der Waals surface area contributed by atoms with Crippen molar-refractivity contribution in [1.29, 1.82) is 0 Å². The van der Waals surface area contributed by atoms with Gasteiger partial charge in [0.05, 0.1) is 0 Å². The van der Waals surface area contributed by atoms with Gasteiger partial charge >= 0.3 is 0 Å². The van der Waals surface area contributed by atoms with Crippen molar-refractivity contribution in [1.82, 2.24) is 5.43 Å². The van der Waals surface area contributed by atoms with E-state index in [2.05, 4.69) is 29.0 Å². The number of thiophene rings is 1. The van der Waals surface area contributed by atoms with Crippen molar-refractivity contribution in [3.8, 4) is 0 Å². The van der Waals surface area contributed by atoms with E-state index in [9.17, 15) is 0 Å². The van der Waals surface area contributed by atoms with Crippen molar-refractivity contribution < 1.29 is 4.42 Å². The molecule has 2 aromatic heterocycles. The van der Waals surface area contributed by atoms with Crippen LogP contribution in [0.1, 0.15) is 34.4 Å². The van der Waals surface area contributed by atoms with Crippen molar-refractivity contribution in [2.45, 2.75) is 32.7 Å². The van der Waals surface area contributed by atoms with Crippen molar-refractivity contribution >= 4 is 11.3 Å². The number of nitrogens with two attached hydrogens (primary N) is 1. The van der Waals surface area contributed by atoms with Gasteiger partial charge < -0.3 is 4.42 Å². The van der Waals surface area contributed by atoms with E-state index in [0.717, 1.165) is 24.4 Å². The molecule has 0 radical (unpaired) electrons. The first-order valence-corrected chi connectivity index (χ1v) is 6.64. The van der Waals surface area contributed by atoms with E-state index >= 15 is 0 Å². The van der Waals surface area contributed by atoms with Gasteiger partial charge in [0.15, 0.2) is 0 Å². The van der Waals surface area contributed by atoms with Crippen LogP contribution in [0.5, 0.6) is 0 Å². The van der Waals surface area contributed by atoms with Gasteiger partial charge in [-0.3, -0.25) is 11.3 Å². The molecule has 0 aromatic carbocycles. The summed E-state index contributed by atoms with van der Waals surface area (Å²) >= 11 is 1.79. The third-order valence-electron chi connectivity index (χ3n) is 2.92. The molecule has 0 aliphatic carbocycles. The van der Waals surface area contributed by atoms with Crippen LogP contribution in [0.4, 0.5) is 0 Å². The van der Waals surface area contributed by atoms with E-state index in [1.54, 1.807) is 11.3 Å². The first kappa shape index (κ1) is 12.4. The summed E-state index contributed by atoms with van der Waals surface area (Å²) in [7, 11) is 0. The molecule has 2 aromatic rings. The van der Waals surface area contributed by atoms with Crippen LogP contribution in [0, 0.1) is 13.8 Å². The van der Waals surface area contributed by atoms with Crippen LogP contribution in [0.25, 0.3) is 0 Å². The number of hydrazine groups is 1. The first-order valence-electron chi connectivity index (χ1n) is 5.76. The molecule has 3 N–H and O–H groups in total. The Morgan fingerprint density at radius 1 is 1.47 bits per heavy atom. The summed E-state index contributed by atoms with van der Waals surface area (Å²) in [6, 6.07) is 6.47. The van der Waals surface area contributed by atoms with E-state index in [4.69, 9.17) is 10.3 Å². The van der Waals surface area contributed by atoms with Crippen LogP contribution < -0.4 is 11.3 Å². The maximum atomic E-state index is 5.63. The Morgan fingerprint density at radius 3 is 2.82 bits per heavy atom. The second-order valence-electron chi connectivity index (χ2n) is 4.21. The molecule has 0 spiro atoms. The van der Waals surface area contributed by atoms with Gasteiger partial charge in [-0.1, -0.05) is 6.07 Å². The SMILES string of the molecule is Cc1cc(C(CCc2cccs2)NN)c(C)o1. The fraction of sp³-hybridized carbons (Fsp3) is 0.385. The van der Waals surface area contributed by atoms with Crippen LogP contribution in [0.15, 0.2) is 28.0 Å². The number of nitrogens with one attached hydrogen (secondary N) is 1. The summed E-state index contributed by atoms with van der Waals surface area (Å²) in [5.74, 6) is 7.53. The molecule has 1 unspecified atom stereocenters. The minimum absolute atomic E-state index is 0.162. The maximum Gasteiger partial charge on any atom is 0.105 e. The topological polar surface area (TPSA) is 51.2 Å². The number of rotatable bonds is 5. The Kier molecular flexibility index (Phi) is 3.99. The molecule has 0 fully saturated rings. The summed E-state index contributed by atoms with van der Waals surface area (Å²) in [5.41, 5.74) is 4.05. The zero-order valence-electron chi connectivity index (χ0n) is 10.2. The minimum atomic E-state index is 0.162. The van der Waals surface area contributed by atoms with E-state index < -0.39 is 0 Å². The van der Waals surface area contributed by atoms with E-state index in [1.807, 2.05) is 13.8 Å². The number of aryl methyl sites for hydroxylation is 3. The molecule has 3 nitrogen and oxygen atoms in total. The fourth-order valence-corrected chi connectivity index (χ4v) is 2.79. The summed E-state index contributed by atoms with van der Waals surface area (Å²) in [5, 5.41) is 2.10. The quantitative estimate of drug-likeness (QED) is 0.633. The van der Waals surface area contributed by atoms with Gasteiger partial charge in [-0.05, 0) is 44.2 Å². The lowest BCUT2D eigenvalue weighted by Gasteiger charge is -2.14. The second kappa shape index (κ2) is 5.49. The smallest absolute Gasteiger partial charge is 0.105 e. The highest BCUT2D eigenvalue weighted by Gasteiger charge is 2.15. The van der Waals surface area contributed by atoms with Crippen molar-refractivity contribution in [2.75, 3.05) is 0 Å². The number of furan rings is 1. The monoisotopic (exact) mass is 250 g/mol. The molecule has 2 rings (SSSR count). The minimum Gasteiger partial charge on any atom is -0.466 e. The molecular weight excluding hydrogens is 232 g/mol. The molecule has 1 atom stereocenters. The molecule has 4 heteroatoms. The summed E-state index contributed by atoms with van der Waals surface area (Å²) in [4.78, 5) is 1.39. The Balaban J connectivity index is 2.04. The maximum absolute atomic E-state index is 5.63. The van der Waals surface area contributed by atoms with Crippen LogP contribution in [-0.4, -0.2) is 0 Å². The molecule has 0 aliphatic rings. The number of hydrogen-bond donors (Lipinski definition) is 2. The Bertz CT molecular complexity index is 462. The highest BCUT2D eigenvalue weighted by molar-refractivity contribution is 7.09. The molecule has 17 heavy (non-hydrogen) atoms. The van der Waals surface area contributed by atoms with Crippen LogP contribution in [0.3, 0.4) is 0 Å². The Hall–Kier alpha value is -1.10. The zero-order chi connectivity index (χ0) is 12.3. The number of hydrogen-bond acceptors (Lipinski definition) is 4. The fourth-order valence-electron chi connectivity index (χ4n) is 2.07. The van der Waals surface area contributed by atoms with Gasteiger partial charge in [0.2, 0.25) is 0 Å². The lowest BCUT2D eigenvalue weighted by molar-refractivity contribution is 0.475. The average Bonchev–Trinajstić information content (AvgIpc) is 2.90. The van der Waals surface area contributed by atoms with Gasteiger partial charge in [0.1, 0.15) is 11.5 Å². The predicted octanol–water partition coefficient (Wildman–Crippen LogP) is 3.10. The molecule has 2 heterocycles. The van der Waals surface area contributed by atoms with Crippen molar-refractivity contribution in [3.05, 3.63) is 45.5 Å².